The van der Waals surface area contributed by atoms with E-state index in [9.17, 15) is 4.79 Å². The van der Waals surface area contributed by atoms with Crippen molar-refractivity contribution in [3.05, 3.63) is 29.3 Å². The van der Waals surface area contributed by atoms with Gasteiger partial charge in [-0.25, -0.2) is 4.79 Å². The van der Waals surface area contributed by atoms with Crippen LogP contribution in [-0.4, -0.2) is 35.9 Å². The van der Waals surface area contributed by atoms with Crippen LogP contribution in [0.1, 0.15) is 51.7 Å². The number of nitrogens with one attached hydrogen (secondary N) is 2. The van der Waals surface area contributed by atoms with E-state index in [1.165, 1.54) is 0 Å². The lowest BCUT2D eigenvalue weighted by Gasteiger charge is -2.21. The Morgan fingerprint density at radius 3 is 2.62 bits per heavy atom. The fraction of sp³-hybridized carbons (Fsp3) is 0.556. The molecule has 3 N–H and O–H groups in total. The summed E-state index contributed by atoms with van der Waals surface area (Å²) >= 11 is 0. The van der Waals surface area contributed by atoms with Gasteiger partial charge < -0.3 is 14.6 Å². The molecule has 0 aliphatic carbocycles. The third kappa shape index (κ3) is 6.58. The largest absolute Gasteiger partial charge is 0.491 e. The molecule has 0 atom stereocenters. The number of ether oxygens (including phenoxy) is 2. The number of amides is 1. The highest BCUT2D eigenvalue weighted by Crippen LogP contribution is 2.25. The quantitative estimate of drug-likeness (QED) is 0.526. The lowest BCUT2D eigenvalue weighted by Crippen LogP contribution is -2.36. The van der Waals surface area contributed by atoms with Crippen molar-refractivity contribution >= 4 is 11.9 Å². The second-order valence-corrected chi connectivity index (χ2v) is 6.46. The SMILES string of the molecule is CCCCc1c(OCCO)cccc1C(=N)NC(=O)OC(C)(C)C. The van der Waals surface area contributed by atoms with Crippen LogP contribution in [0.25, 0.3) is 0 Å². The summed E-state index contributed by atoms with van der Waals surface area (Å²) in [5.74, 6) is 0.607. The van der Waals surface area contributed by atoms with E-state index in [-0.39, 0.29) is 19.0 Å². The molecule has 1 aromatic rings. The summed E-state index contributed by atoms with van der Waals surface area (Å²) in [6.07, 6.45) is 2.01. The van der Waals surface area contributed by atoms with E-state index in [4.69, 9.17) is 20.0 Å². The predicted molar refractivity (Wildman–Crippen MR) is 93.8 cm³/mol. The van der Waals surface area contributed by atoms with Gasteiger partial charge in [0.25, 0.3) is 0 Å². The number of carbonyl (C=O) groups is 1. The molecule has 0 saturated carbocycles. The maximum atomic E-state index is 11.9. The van der Waals surface area contributed by atoms with E-state index < -0.39 is 11.7 Å². The number of benzene rings is 1. The molecule has 1 rings (SSSR count). The first-order valence-electron chi connectivity index (χ1n) is 8.23. The Bertz CT molecular complexity index is 565. The number of rotatable bonds is 7. The molecule has 134 valence electrons. The van der Waals surface area contributed by atoms with Gasteiger partial charge in [0.15, 0.2) is 0 Å². The number of aliphatic hydroxyl groups excluding tert-OH is 1. The first kappa shape index (κ1) is 20.0. The Morgan fingerprint density at radius 1 is 1.33 bits per heavy atom. The maximum Gasteiger partial charge on any atom is 0.413 e. The number of alkyl carbamates (subject to hydrolysis) is 1. The maximum absolute atomic E-state index is 11.9. The summed E-state index contributed by atoms with van der Waals surface area (Å²) in [6, 6.07) is 5.35. The molecule has 6 heteroatoms. The average molecular weight is 336 g/mol. The third-order valence-electron chi connectivity index (χ3n) is 3.16. The lowest BCUT2D eigenvalue weighted by atomic mass is 10.00. The number of hydrogen-bond donors (Lipinski definition) is 3. The zero-order chi connectivity index (χ0) is 18.2. The number of unbranched alkanes of at least 4 members (excludes halogenated alkanes) is 1. The summed E-state index contributed by atoms with van der Waals surface area (Å²) in [4.78, 5) is 11.9. The molecule has 1 aromatic carbocycles. The van der Waals surface area contributed by atoms with E-state index in [0.29, 0.717) is 11.3 Å². The van der Waals surface area contributed by atoms with Crippen LogP contribution in [0.15, 0.2) is 18.2 Å². The minimum Gasteiger partial charge on any atom is -0.491 e. The van der Waals surface area contributed by atoms with Crippen LogP contribution >= 0.6 is 0 Å². The van der Waals surface area contributed by atoms with E-state index in [1.807, 2.05) is 6.07 Å². The van der Waals surface area contributed by atoms with E-state index in [2.05, 4.69) is 12.2 Å². The summed E-state index contributed by atoms with van der Waals surface area (Å²) in [6.45, 7) is 7.51. The van der Waals surface area contributed by atoms with Crippen LogP contribution in [-0.2, 0) is 11.2 Å². The Balaban J connectivity index is 2.98. The minimum atomic E-state index is -0.657. The molecular formula is C18H28N2O4. The van der Waals surface area contributed by atoms with Crippen molar-refractivity contribution in [2.45, 2.75) is 52.6 Å². The van der Waals surface area contributed by atoms with Crippen LogP contribution in [0, 0.1) is 5.41 Å². The minimum absolute atomic E-state index is 0.0233. The smallest absolute Gasteiger partial charge is 0.413 e. The van der Waals surface area contributed by atoms with Gasteiger partial charge in [-0.05, 0) is 39.7 Å². The second kappa shape index (κ2) is 9.27. The molecule has 0 fully saturated rings. The topological polar surface area (TPSA) is 91.6 Å². The van der Waals surface area contributed by atoms with Crippen LogP contribution in [0.3, 0.4) is 0 Å². The summed E-state index contributed by atoms with van der Waals surface area (Å²) in [5, 5.41) is 19.6. The molecule has 0 aliphatic rings. The van der Waals surface area contributed by atoms with Crippen LogP contribution < -0.4 is 10.1 Å². The van der Waals surface area contributed by atoms with Crippen LogP contribution in [0.5, 0.6) is 5.75 Å². The zero-order valence-electron chi connectivity index (χ0n) is 14.9. The van der Waals surface area contributed by atoms with E-state index in [0.717, 1.165) is 24.8 Å². The van der Waals surface area contributed by atoms with E-state index in [1.54, 1.807) is 32.9 Å². The van der Waals surface area contributed by atoms with Crippen LogP contribution in [0.2, 0.25) is 0 Å². The lowest BCUT2D eigenvalue weighted by molar-refractivity contribution is 0.0563. The highest BCUT2D eigenvalue weighted by molar-refractivity contribution is 6.05. The highest BCUT2D eigenvalue weighted by Gasteiger charge is 2.19. The van der Waals surface area contributed by atoms with Gasteiger partial charge in [-0.1, -0.05) is 25.5 Å². The number of aliphatic hydroxyl groups is 1. The number of hydrogen-bond acceptors (Lipinski definition) is 5. The number of amidine groups is 1. The fourth-order valence-corrected chi connectivity index (χ4v) is 2.18. The van der Waals surface area contributed by atoms with Crippen molar-refractivity contribution < 1.29 is 19.4 Å². The summed E-state index contributed by atoms with van der Waals surface area (Å²) in [7, 11) is 0. The van der Waals surface area contributed by atoms with Gasteiger partial charge in [0.05, 0.1) is 6.61 Å². The summed E-state index contributed by atoms with van der Waals surface area (Å²) in [5.41, 5.74) is 0.834. The predicted octanol–water partition coefficient (Wildman–Crippen LogP) is 3.25. The molecular weight excluding hydrogens is 308 g/mol. The fourth-order valence-electron chi connectivity index (χ4n) is 2.18. The molecule has 0 radical (unpaired) electrons. The van der Waals surface area contributed by atoms with E-state index >= 15 is 0 Å². The number of carbonyl (C=O) groups excluding carboxylic acids is 1. The highest BCUT2D eigenvalue weighted by atomic mass is 16.6. The van der Waals surface area contributed by atoms with Crippen molar-refractivity contribution in [1.29, 1.82) is 5.41 Å². The molecule has 0 heterocycles. The molecule has 0 unspecified atom stereocenters. The van der Waals surface area contributed by atoms with Gasteiger partial charge in [-0.15, -0.1) is 0 Å². The Hall–Kier alpha value is -2.08. The van der Waals surface area contributed by atoms with Gasteiger partial charge in [0.2, 0.25) is 0 Å². The van der Waals surface area contributed by atoms with Gasteiger partial charge in [0, 0.05) is 11.1 Å². The van der Waals surface area contributed by atoms with Gasteiger partial charge in [-0.3, -0.25) is 10.7 Å². The standard InChI is InChI=1S/C18H28N2O4/c1-5-6-8-13-14(9-7-10-15(13)23-12-11-21)16(19)20-17(22)24-18(2,3)4/h7,9-10,21H,5-6,8,11-12H2,1-4H3,(H2,19,20,22). The third-order valence-corrected chi connectivity index (χ3v) is 3.16. The molecule has 0 spiro atoms. The second-order valence-electron chi connectivity index (χ2n) is 6.46. The van der Waals surface area contributed by atoms with Gasteiger partial charge >= 0.3 is 6.09 Å². The van der Waals surface area contributed by atoms with Crippen molar-refractivity contribution in [3.8, 4) is 5.75 Å². The first-order chi connectivity index (χ1) is 11.3. The van der Waals surface area contributed by atoms with Crippen molar-refractivity contribution in [3.63, 3.8) is 0 Å². The Kier molecular flexibility index (Phi) is 7.71. The van der Waals surface area contributed by atoms with Crippen molar-refractivity contribution in [1.82, 2.24) is 5.32 Å². The Labute approximate surface area is 143 Å². The molecule has 0 aromatic heterocycles. The molecule has 24 heavy (non-hydrogen) atoms. The molecule has 6 nitrogen and oxygen atoms in total. The molecule has 1 amide bonds. The van der Waals surface area contributed by atoms with Gasteiger partial charge in [0.1, 0.15) is 23.8 Å². The Morgan fingerprint density at radius 2 is 2.04 bits per heavy atom. The molecule has 0 aliphatic heterocycles. The van der Waals surface area contributed by atoms with Crippen molar-refractivity contribution in [2.24, 2.45) is 0 Å². The summed E-state index contributed by atoms with van der Waals surface area (Å²) < 4.78 is 10.8. The average Bonchev–Trinajstić information content (AvgIpc) is 2.48. The monoisotopic (exact) mass is 336 g/mol. The zero-order valence-corrected chi connectivity index (χ0v) is 14.9. The normalized spacial score (nSPS) is 11.0. The van der Waals surface area contributed by atoms with Gasteiger partial charge in [-0.2, -0.15) is 0 Å². The molecule has 0 saturated heterocycles. The molecule has 0 bridgehead atoms. The first-order valence-corrected chi connectivity index (χ1v) is 8.23. The van der Waals surface area contributed by atoms with Crippen molar-refractivity contribution in [2.75, 3.05) is 13.2 Å². The van der Waals surface area contributed by atoms with Crippen LogP contribution in [0.4, 0.5) is 4.79 Å².